The van der Waals surface area contributed by atoms with Crippen molar-refractivity contribution in [1.82, 2.24) is 28.8 Å². The Hall–Kier alpha value is -4.03. The number of nitrogens with zero attached hydrogens (tertiary/aromatic N) is 6. The van der Waals surface area contributed by atoms with Crippen LogP contribution in [-0.2, 0) is 31.5 Å². The third kappa shape index (κ3) is 6.49. The highest BCUT2D eigenvalue weighted by atomic mass is 32.3. The van der Waals surface area contributed by atoms with Gasteiger partial charge in [0.15, 0.2) is 15.5 Å². The number of ether oxygens (including phenoxy) is 1. The quantitative estimate of drug-likeness (QED) is 0.188. The van der Waals surface area contributed by atoms with Crippen LogP contribution in [0, 0.1) is 26.2 Å². The Morgan fingerprint density at radius 2 is 1.85 bits per heavy atom. The summed E-state index contributed by atoms with van der Waals surface area (Å²) in [6, 6.07) is 8.31. The van der Waals surface area contributed by atoms with Gasteiger partial charge in [0.25, 0.3) is 0 Å². The van der Waals surface area contributed by atoms with Crippen LogP contribution < -0.4 is 4.74 Å². The molecule has 1 saturated carbocycles. The van der Waals surface area contributed by atoms with Gasteiger partial charge in [-0.25, -0.2) is 13.6 Å². The number of fused-ring (bicyclic) bond motifs is 2. The van der Waals surface area contributed by atoms with Crippen molar-refractivity contribution in [3.05, 3.63) is 81.9 Å². The summed E-state index contributed by atoms with van der Waals surface area (Å²) >= 11 is 0. The van der Waals surface area contributed by atoms with Gasteiger partial charge in [-0.15, -0.1) is 10.2 Å². The summed E-state index contributed by atoms with van der Waals surface area (Å²) in [6.45, 7) is 8.59. The lowest BCUT2D eigenvalue weighted by Crippen LogP contribution is -2.55. The van der Waals surface area contributed by atoms with Gasteiger partial charge < -0.3 is 9.84 Å². The van der Waals surface area contributed by atoms with E-state index < -0.39 is 50.9 Å². The van der Waals surface area contributed by atoms with Crippen LogP contribution in [-0.4, -0.2) is 93.2 Å². The summed E-state index contributed by atoms with van der Waals surface area (Å²) in [4.78, 5) is 18.9. The van der Waals surface area contributed by atoms with E-state index in [1.165, 1.54) is 36.5 Å². The van der Waals surface area contributed by atoms with Crippen molar-refractivity contribution < 1.29 is 45.1 Å². The van der Waals surface area contributed by atoms with Gasteiger partial charge in [0.05, 0.1) is 18.6 Å². The Morgan fingerprint density at radius 3 is 2.49 bits per heavy atom. The molecule has 286 valence electrons. The van der Waals surface area contributed by atoms with E-state index in [1.54, 1.807) is 43.1 Å². The Labute approximate surface area is 303 Å². The number of carboxylic acids is 1. The van der Waals surface area contributed by atoms with Gasteiger partial charge in [0, 0.05) is 44.5 Å². The van der Waals surface area contributed by atoms with Gasteiger partial charge in [-0.1, -0.05) is 18.2 Å². The van der Waals surface area contributed by atoms with E-state index >= 15 is 4.21 Å². The molecule has 0 radical (unpaired) electrons. The summed E-state index contributed by atoms with van der Waals surface area (Å²) in [5, 5.41) is 17.7. The number of hydrogen-bond donors (Lipinski definition) is 2. The lowest BCUT2D eigenvalue weighted by Gasteiger charge is -2.45. The zero-order valence-electron chi connectivity index (χ0n) is 30.0. The SMILES string of the molecule is Cc1cnc2c(c1)S(=O)(O)(OCCN1CC(F)C1)N(Cc1cc([C@@H](c3ccn4c(C(F)(F)F)nnc4c3C)C(C)(C)C(=O)O)ccc1C)CC1(CC1)O2. The smallest absolute Gasteiger partial charge is 0.452 e. The van der Waals surface area contributed by atoms with Crippen LogP contribution in [0.3, 0.4) is 0 Å². The van der Waals surface area contributed by atoms with Crippen molar-refractivity contribution >= 4 is 21.4 Å². The molecule has 12 nitrogen and oxygen atoms in total. The maximum atomic E-state index is 15.5. The highest BCUT2D eigenvalue weighted by Gasteiger charge is 2.58. The summed E-state index contributed by atoms with van der Waals surface area (Å²) in [6.07, 6.45) is -1.74. The number of likely N-dealkylation sites (tertiary alicyclic amines) is 1. The van der Waals surface area contributed by atoms with E-state index in [0.717, 1.165) is 9.96 Å². The first kappa shape index (κ1) is 37.3. The second-order valence-corrected chi connectivity index (χ2v) is 17.9. The molecule has 3 aliphatic rings. The molecular formula is C36H42F4N6O6S. The predicted octanol–water partition coefficient (Wildman–Crippen LogP) is 5.89. The molecule has 1 atom stereocenters. The monoisotopic (exact) mass is 762 g/mol. The first-order valence-electron chi connectivity index (χ1n) is 17.3. The minimum absolute atomic E-state index is 0.00430. The molecule has 5 heterocycles. The maximum Gasteiger partial charge on any atom is 0.452 e. The molecule has 2 aliphatic heterocycles. The second-order valence-electron chi connectivity index (χ2n) is 15.1. The molecule has 1 aromatic carbocycles. The van der Waals surface area contributed by atoms with Crippen molar-refractivity contribution in [2.75, 3.05) is 32.8 Å². The van der Waals surface area contributed by atoms with Crippen LogP contribution in [0.15, 0.2) is 47.6 Å². The number of hydrogen-bond acceptors (Lipinski definition) is 8. The molecule has 4 aromatic rings. The number of alkyl halides is 4. The molecule has 1 saturated heterocycles. The molecule has 0 unspecified atom stereocenters. The van der Waals surface area contributed by atoms with Crippen LogP contribution >= 0.6 is 0 Å². The number of aryl methyl sites for hydroxylation is 3. The summed E-state index contributed by atoms with van der Waals surface area (Å²) in [5.74, 6) is -3.23. The third-order valence-corrected chi connectivity index (χ3v) is 13.6. The zero-order valence-corrected chi connectivity index (χ0v) is 30.8. The summed E-state index contributed by atoms with van der Waals surface area (Å²) in [5.41, 5.74) is 0.886. The second kappa shape index (κ2) is 12.5. The molecule has 0 amide bonds. The Bertz CT molecular complexity index is 2180. The largest absolute Gasteiger partial charge is 0.481 e. The fraction of sp³-hybridized carbons (Fsp3) is 0.500. The van der Waals surface area contributed by atoms with Crippen molar-refractivity contribution in [1.29, 1.82) is 0 Å². The molecule has 17 heteroatoms. The molecular weight excluding hydrogens is 720 g/mol. The molecule has 7 rings (SSSR count). The van der Waals surface area contributed by atoms with E-state index in [9.17, 15) is 32.0 Å². The molecule has 3 aromatic heterocycles. The number of aliphatic carboxylic acids is 1. The van der Waals surface area contributed by atoms with Crippen LogP contribution in [0.1, 0.15) is 71.8 Å². The van der Waals surface area contributed by atoms with Crippen molar-refractivity contribution in [2.45, 2.75) is 82.8 Å². The first-order valence-corrected chi connectivity index (χ1v) is 19.1. The fourth-order valence-electron chi connectivity index (χ4n) is 7.32. The maximum absolute atomic E-state index is 15.5. The van der Waals surface area contributed by atoms with Crippen LogP contribution in [0.25, 0.3) is 5.65 Å². The van der Waals surface area contributed by atoms with Gasteiger partial charge in [0.2, 0.25) is 11.7 Å². The Kier molecular flexibility index (Phi) is 8.80. The number of aromatic nitrogens is 4. The van der Waals surface area contributed by atoms with E-state index in [0.29, 0.717) is 40.7 Å². The van der Waals surface area contributed by atoms with E-state index in [1.807, 2.05) is 6.92 Å². The number of carboxylic acid groups (broad SMARTS) is 1. The van der Waals surface area contributed by atoms with E-state index in [2.05, 4.69) is 15.2 Å². The van der Waals surface area contributed by atoms with Gasteiger partial charge in [-0.2, -0.15) is 17.5 Å². The number of halogens is 4. The summed E-state index contributed by atoms with van der Waals surface area (Å²) in [7, 11) is -5.42. The number of benzene rings is 1. The average Bonchev–Trinajstić information content (AvgIpc) is 3.67. The van der Waals surface area contributed by atoms with Crippen molar-refractivity contribution in [3.63, 3.8) is 0 Å². The Balaban J connectivity index is 1.32. The normalized spacial score (nSPS) is 21.2. The van der Waals surface area contributed by atoms with Crippen LogP contribution in [0.2, 0.25) is 0 Å². The summed E-state index contributed by atoms with van der Waals surface area (Å²) < 4.78 is 97.5. The molecule has 2 N–H and O–H groups in total. The van der Waals surface area contributed by atoms with Crippen LogP contribution in [0.4, 0.5) is 17.6 Å². The predicted molar refractivity (Wildman–Crippen MR) is 185 cm³/mol. The molecule has 0 bridgehead atoms. The number of rotatable bonds is 10. The molecule has 53 heavy (non-hydrogen) atoms. The van der Waals surface area contributed by atoms with Crippen molar-refractivity contribution in [3.8, 4) is 5.88 Å². The zero-order chi connectivity index (χ0) is 38.3. The van der Waals surface area contributed by atoms with Gasteiger partial charge in [-0.05, 0) is 93.0 Å². The Morgan fingerprint density at radius 1 is 1.13 bits per heavy atom. The molecule has 1 spiro atoms. The highest BCUT2D eigenvalue weighted by Crippen LogP contribution is 2.53. The van der Waals surface area contributed by atoms with Crippen molar-refractivity contribution in [2.24, 2.45) is 5.41 Å². The topological polar surface area (TPSA) is 143 Å². The molecule has 1 aliphatic carbocycles. The highest BCUT2D eigenvalue weighted by molar-refractivity contribution is 8.09. The van der Waals surface area contributed by atoms with E-state index in [4.69, 9.17) is 8.92 Å². The first-order chi connectivity index (χ1) is 24.7. The molecule has 2 fully saturated rings. The lowest BCUT2D eigenvalue weighted by atomic mass is 9.70. The van der Waals surface area contributed by atoms with Crippen LogP contribution in [0.5, 0.6) is 5.88 Å². The fourth-order valence-corrected chi connectivity index (χ4v) is 9.86. The number of carbonyl (C=O) groups is 1. The van der Waals surface area contributed by atoms with Gasteiger partial charge >= 0.3 is 12.1 Å². The van der Waals surface area contributed by atoms with Gasteiger partial charge in [-0.3, -0.25) is 22.8 Å². The average molecular weight is 763 g/mol. The number of pyridine rings is 2. The lowest BCUT2D eigenvalue weighted by molar-refractivity contribution is -0.147. The van der Waals surface area contributed by atoms with E-state index in [-0.39, 0.29) is 55.8 Å². The minimum Gasteiger partial charge on any atom is -0.481 e. The standard InChI is InChI=1S/C36H42F4N6O6S/c1-21-14-28-31(41-16-21)52-35(9-10-35)20-45(53(28,49,50)51-13-12-44-18-26(37)19-44)17-25-15-24(7-6-22(25)2)29(34(4,5)33(47)48)27-8-11-46-30(23(27)3)42-43-32(46)36(38,39)40/h6-8,11,14-16,26,29H,9-10,12-13,17-20H2,1-5H3,(H,47,48)(H,49,50)/t29-/m0/s1. The third-order valence-electron chi connectivity index (χ3n) is 10.7. The van der Waals surface area contributed by atoms with Gasteiger partial charge in [0.1, 0.15) is 16.7 Å². The minimum atomic E-state index is -5.42.